The fourth-order valence-electron chi connectivity index (χ4n) is 6.02. The molecule has 3 fully saturated rings. The lowest BCUT2D eigenvalue weighted by Crippen LogP contribution is -2.45. The fraction of sp³-hybridized carbons (Fsp3) is 0.625. The van der Waals surface area contributed by atoms with Gasteiger partial charge in [0.15, 0.2) is 0 Å². The summed E-state index contributed by atoms with van der Waals surface area (Å²) in [5.41, 5.74) is 1.51. The molecule has 3 unspecified atom stereocenters. The van der Waals surface area contributed by atoms with Gasteiger partial charge in [-0.2, -0.15) is 0 Å². The first-order valence-corrected chi connectivity index (χ1v) is 11.3. The summed E-state index contributed by atoms with van der Waals surface area (Å²) in [7, 11) is 0. The Hall–Kier alpha value is -2.08. The van der Waals surface area contributed by atoms with E-state index in [4.69, 9.17) is 4.74 Å². The van der Waals surface area contributed by atoms with Gasteiger partial charge in [0.2, 0.25) is 0 Å². The quantitative estimate of drug-likeness (QED) is 0.751. The van der Waals surface area contributed by atoms with Gasteiger partial charge in [-0.1, -0.05) is 12.8 Å². The lowest BCUT2D eigenvalue weighted by atomic mass is 9.91. The molecule has 2 aliphatic heterocycles. The minimum absolute atomic E-state index is 0.101. The summed E-state index contributed by atoms with van der Waals surface area (Å²) in [4.78, 5) is 21.0. The predicted molar refractivity (Wildman–Crippen MR) is 115 cm³/mol. The fourth-order valence-corrected chi connectivity index (χ4v) is 6.02. The van der Waals surface area contributed by atoms with Crippen LogP contribution in [0, 0.1) is 5.82 Å². The number of ether oxygens (including phenoxy) is 1. The van der Waals surface area contributed by atoms with Crippen LogP contribution < -0.4 is 0 Å². The topological polar surface area (TPSA) is 48.6 Å². The van der Waals surface area contributed by atoms with E-state index in [0.29, 0.717) is 12.1 Å². The summed E-state index contributed by atoms with van der Waals surface area (Å²) >= 11 is 0. The molecule has 30 heavy (non-hydrogen) atoms. The van der Waals surface area contributed by atoms with Gasteiger partial charge >= 0.3 is 6.09 Å². The van der Waals surface area contributed by atoms with Crippen molar-refractivity contribution in [3.05, 3.63) is 35.8 Å². The normalized spacial score (nSPS) is 27.9. The van der Waals surface area contributed by atoms with Crippen LogP contribution in [0.4, 0.5) is 9.18 Å². The van der Waals surface area contributed by atoms with Crippen LogP contribution in [0.15, 0.2) is 24.4 Å². The highest BCUT2D eigenvalue weighted by Crippen LogP contribution is 2.46. The van der Waals surface area contributed by atoms with Crippen LogP contribution in [0.2, 0.25) is 0 Å². The first-order chi connectivity index (χ1) is 14.3. The molecule has 2 aromatic rings. The van der Waals surface area contributed by atoms with Gasteiger partial charge in [0.05, 0.1) is 6.04 Å². The lowest BCUT2D eigenvalue weighted by molar-refractivity contribution is 0.0210. The first kappa shape index (κ1) is 19.9. The zero-order valence-corrected chi connectivity index (χ0v) is 18.2. The number of fused-ring (bicyclic) bond motifs is 2. The van der Waals surface area contributed by atoms with Crippen LogP contribution in [0.25, 0.3) is 10.9 Å². The Morgan fingerprint density at radius 1 is 1.20 bits per heavy atom. The largest absolute Gasteiger partial charge is 0.444 e. The highest BCUT2D eigenvalue weighted by atomic mass is 19.1. The van der Waals surface area contributed by atoms with Crippen LogP contribution in [0.3, 0.4) is 0 Å². The van der Waals surface area contributed by atoms with Crippen molar-refractivity contribution in [2.75, 3.05) is 13.1 Å². The Bertz CT molecular complexity index is 944. The molecule has 3 heterocycles. The zero-order valence-electron chi connectivity index (χ0n) is 18.2. The number of hydrogen-bond donors (Lipinski definition) is 1. The number of amides is 1. The molecule has 6 heteroatoms. The second kappa shape index (κ2) is 7.26. The maximum absolute atomic E-state index is 13.7. The van der Waals surface area contributed by atoms with Gasteiger partial charge in [0.1, 0.15) is 11.4 Å². The molecule has 1 saturated carbocycles. The van der Waals surface area contributed by atoms with Gasteiger partial charge in [-0.25, -0.2) is 9.18 Å². The molecular formula is C24H32FN3O2. The van der Waals surface area contributed by atoms with Crippen molar-refractivity contribution >= 4 is 17.0 Å². The molecular weight excluding hydrogens is 381 g/mol. The third-order valence-corrected chi connectivity index (χ3v) is 7.16. The minimum Gasteiger partial charge on any atom is -0.444 e. The summed E-state index contributed by atoms with van der Waals surface area (Å²) in [6.07, 6.45) is 7.91. The van der Waals surface area contributed by atoms with E-state index in [1.165, 1.54) is 37.3 Å². The first-order valence-electron chi connectivity index (χ1n) is 11.3. The van der Waals surface area contributed by atoms with Crippen molar-refractivity contribution < 1.29 is 13.9 Å². The summed E-state index contributed by atoms with van der Waals surface area (Å²) in [6, 6.07) is 6.04. The molecule has 1 aliphatic carbocycles. The van der Waals surface area contributed by atoms with E-state index in [9.17, 15) is 9.18 Å². The zero-order chi connectivity index (χ0) is 21.0. The molecule has 1 aromatic heterocycles. The Labute approximate surface area is 177 Å². The average Bonchev–Trinajstić information content (AvgIpc) is 3.43. The minimum atomic E-state index is -0.507. The van der Waals surface area contributed by atoms with Gasteiger partial charge < -0.3 is 14.6 Å². The average molecular weight is 414 g/mol. The van der Waals surface area contributed by atoms with Crippen LogP contribution in [0.1, 0.15) is 64.4 Å². The van der Waals surface area contributed by atoms with E-state index in [2.05, 4.69) is 9.88 Å². The molecule has 3 atom stereocenters. The summed E-state index contributed by atoms with van der Waals surface area (Å²) in [5, 5.41) is 1.06. The highest BCUT2D eigenvalue weighted by molar-refractivity contribution is 5.84. The number of rotatable bonds is 2. The van der Waals surface area contributed by atoms with Crippen molar-refractivity contribution in [2.45, 2.75) is 82.5 Å². The van der Waals surface area contributed by atoms with E-state index in [1.807, 2.05) is 37.9 Å². The number of benzene rings is 1. The number of H-pyrrole nitrogens is 1. The molecule has 1 N–H and O–H groups in total. The van der Waals surface area contributed by atoms with Crippen molar-refractivity contribution in [2.24, 2.45) is 0 Å². The molecule has 5 rings (SSSR count). The second-order valence-electron chi connectivity index (χ2n) is 10.2. The standard InChI is InChI=1S/C24H32FN3O2/c1-24(2,3)30-23(29)27-11-10-21-22(27)19(14-28(21)16-6-4-5-7-16)18-13-26-20-12-15(25)8-9-17(18)20/h8-9,12-13,16,19,21-22,26H,4-7,10-11,14H2,1-3H3. The third kappa shape index (κ3) is 3.39. The van der Waals surface area contributed by atoms with E-state index in [0.717, 1.165) is 30.4 Å². The number of halogens is 1. The summed E-state index contributed by atoms with van der Waals surface area (Å²) < 4.78 is 19.5. The Morgan fingerprint density at radius 3 is 2.70 bits per heavy atom. The Morgan fingerprint density at radius 2 is 1.97 bits per heavy atom. The van der Waals surface area contributed by atoms with Gasteiger partial charge in [-0.05, 0) is 63.8 Å². The number of aromatic amines is 1. The van der Waals surface area contributed by atoms with Crippen molar-refractivity contribution in [3.8, 4) is 0 Å². The molecule has 1 aromatic carbocycles. The molecule has 0 spiro atoms. The number of carbonyl (C=O) groups is 1. The maximum Gasteiger partial charge on any atom is 0.410 e. The number of carbonyl (C=O) groups excluding carboxylic acids is 1. The summed E-state index contributed by atoms with van der Waals surface area (Å²) in [5.74, 6) is -0.0335. The van der Waals surface area contributed by atoms with E-state index in [1.54, 1.807) is 6.07 Å². The number of aromatic nitrogens is 1. The van der Waals surface area contributed by atoms with Crippen LogP contribution in [0.5, 0.6) is 0 Å². The number of nitrogens with one attached hydrogen (secondary N) is 1. The molecule has 1 amide bonds. The van der Waals surface area contributed by atoms with Crippen LogP contribution in [-0.4, -0.2) is 57.7 Å². The van der Waals surface area contributed by atoms with Crippen LogP contribution in [-0.2, 0) is 4.74 Å². The van der Waals surface area contributed by atoms with E-state index in [-0.39, 0.29) is 23.9 Å². The van der Waals surface area contributed by atoms with Gasteiger partial charge in [-0.15, -0.1) is 0 Å². The van der Waals surface area contributed by atoms with Crippen LogP contribution >= 0.6 is 0 Å². The van der Waals surface area contributed by atoms with Gasteiger partial charge in [-0.3, -0.25) is 4.90 Å². The molecule has 2 saturated heterocycles. The monoisotopic (exact) mass is 413 g/mol. The number of hydrogen-bond acceptors (Lipinski definition) is 3. The Kier molecular flexibility index (Phi) is 4.80. The maximum atomic E-state index is 13.7. The predicted octanol–water partition coefficient (Wildman–Crippen LogP) is 5.03. The van der Waals surface area contributed by atoms with E-state index >= 15 is 0 Å². The molecule has 162 valence electrons. The third-order valence-electron chi connectivity index (χ3n) is 7.16. The van der Waals surface area contributed by atoms with Crippen molar-refractivity contribution in [1.82, 2.24) is 14.8 Å². The SMILES string of the molecule is CC(C)(C)OC(=O)N1CCC2C1C(c1c[nH]c3cc(F)ccc13)CN2C1CCCC1. The second-order valence-corrected chi connectivity index (χ2v) is 10.2. The van der Waals surface area contributed by atoms with E-state index < -0.39 is 5.60 Å². The molecule has 5 nitrogen and oxygen atoms in total. The molecule has 3 aliphatic rings. The van der Waals surface area contributed by atoms with Crippen molar-refractivity contribution in [3.63, 3.8) is 0 Å². The van der Waals surface area contributed by atoms with Gasteiger partial charge in [0, 0.05) is 48.2 Å². The Balaban J connectivity index is 1.51. The highest BCUT2D eigenvalue weighted by Gasteiger charge is 2.53. The lowest BCUT2D eigenvalue weighted by Gasteiger charge is -2.31. The molecule has 0 radical (unpaired) electrons. The number of likely N-dealkylation sites (tertiary alicyclic amines) is 2. The smallest absolute Gasteiger partial charge is 0.410 e. The van der Waals surface area contributed by atoms with Crippen molar-refractivity contribution in [1.29, 1.82) is 0 Å². The summed E-state index contributed by atoms with van der Waals surface area (Å²) in [6.45, 7) is 7.45. The molecule has 0 bridgehead atoms. The number of nitrogens with zero attached hydrogens (tertiary/aromatic N) is 2. The van der Waals surface area contributed by atoms with Gasteiger partial charge in [0.25, 0.3) is 0 Å².